The fraction of sp³-hybridized carbons (Fsp3) is 0.667. The Morgan fingerprint density at radius 3 is 2.78 bits per heavy atom. The van der Waals surface area contributed by atoms with Crippen LogP contribution in [0.15, 0.2) is 11.9 Å². The highest BCUT2D eigenvalue weighted by Crippen LogP contribution is 2.09. The van der Waals surface area contributed by atoms with Crippen molar-refractivity contribution >= 4 is 11.7 Å². The van der Waals surface area contributed by atoms with E-state index in [2.05, 4.69) is 16.0 Å². The molecule has 4 N–H and O–H groups in total. The van der Waals surface area contributed by atoms with Gasteiger partial charge >= 0.3 is 0 Å². The zero-order chi connectivity index (χ0) is 13.5. The largest absolute Gasteiger partial charge is 0.375 e. The van der Waals surface area contributed by atoms with Crippen molar-refractivity contribution in [3.8, 4) is 0 Å². The number of carbonyl (C=O) groups is 1. The monoisotopic (exact) mass is 253 g/mol. The molecule has 1 saturated heterocycles. The summed E-state index contributed by atoms with van der Waals surface area (Å²) in [5.74, 6) is 0.787. The molecule has 0 spiro atoms. The smallest absolute Gasteiger partial charge is 0.222 e. The van der Waals surface area contributed by atoms with Crippen LogP contribution in [0.5, 0.6) is 0 Å². The SMILES string of the molecule is CN/C(=C\C(=N)N(C)[C@H]1CCCNC1)NC(C)=O. The van der Waals surface area contributed by atoms with E-state index in [0.29, 0.717) is 17.7 Å². The summed E-state index contributed by atoms with van der Waals surface area (Å²) in [5.41, 5.74) is 0. The van der Waals surface area contributed by atoms with Gasteiger partial charge in [-0.2, -0.15) is 0 Å². The summed E-state index contributed by atoms with van der Waals surface area (Å²) in [6.45, 7) is 3.41. The first-order valence-electron chi connectivity index (χ1n) is 6.23. The topological polar surface area (TPSA) is 80.2 Å². The Morgan fingerprint density at radius 1 is 1.56 bits per heavy atom. The maximum atomic E-state index is 11.0. The molecule has 6 nitrogen and oxygen atoms in total. The summed E-state index contributed by atoms with van der Waals surface area (Å²) in [6, 6.07) is 0.345. The summed E-state index contributed by atoms with van der Waals surface area (Å²) < 4.78 is 0. The normalized spacial score (nSPS) is 20.2. The van der Waals surface area contributed by atoms with Gasteiger partial charge in [0.2, 0.25) is 5.91 Å². The predicted octanol–water partition coefficient (Wildman–Crippen LogP) is -0.156. The number of rotatable bonds is 4. The Kier molecular flexibility index (Phi) is 5.64. The van der Waals surface area contributed by atoms with Crippen LogP contribution in [0.4, 0.5) is 0 Å². The molecule has 0 aliphatic carbocycles. The third-order valence-electron chi connectivity index (χ3n) is 3.06. The van der Waals surface area contributed by atoms with E-state index < -0.39 is 0 Å². The van der Waals surface area contributed by atoms with Gasteiger partial charge < -0.3 is 20.9 Å². The number of piperidine rings is 1. The summed E-state index contributed by atoms with van der Waals surface area (Å²) in [4.78, 5) is 12.9. The molecular formula is C12H23N5O. The number of amidine groups is 1. The molecular weight excluding hydrogens is 230 g/mol. The maximum Gasteiger partial charge on any atom is 0.222 e. The van der Waals surface area contributed by atoms with Crippen LogP contribution in [0.2, 0.25) is 0 Å². The third-order valence-corrected chi connectivity index (χ3v) is 3.06. The second kappa shape index (κ2) is 7.00. The minimum atomic E-state index is -0.148. The Morgan fingerprint density at radius 2 is 2.28 bits per heavy atom. The van der Waals surface area contributed by atoms with E-state index >= 15 is 0 Å². The molecule has 6 heteroatoms. The zero-order valence-electron chi connectivity index (χ0n) is 11.3. The zero-order valence-corrected chi connectivity index (χ0v) is 11.3. The molecule has 1 fully saturated rings. The molecule has 102 valence electrons. The number of nitrogens with one attached hydrogen (secondary N) is 4. The number of amides is 1. The van der Waals surface area contributed by atoms with Crippen molar-refractivity contribution in [3.63, 3.8) is 0 Å². The molecule has 1 rings (SSSR count). The highest BCUT2D eigenvalue weighted by molar-refractivity contribution is 5.91. The predicted molar refractivity (Wildman–Crippen MR) is 72.3 cm³/mol. The van der Waals surface area contributed by atoms with Crippen molar-refractivity contribution in [2.75, 3.05) is 27.2 Å². The minimum Gasteiger partial charge on any atom is -0.375 e. The Labute approximate surface area is 108 Å². The number of hydrogen-bond donors (Lipinski definition) is 4. The minimum absolute atomic E-state index is 0.148. The number of carbonyl (C=O) groups excluding carboxylic acids is 1. The molecule has 1 aliphatic heterocycles. The van der Waals surface area contributed by atoms with Crippen molar-refractivity contribution in [2.24, 2.45) is 0 Å². The molecule has 0 saturated carbocycles. The number of nitrogens with zero attached hydrogens (tertiary/aromatic N) is 1. The van der Waals surface area contributed by atoms with Gasteiger partial charge in [-0.1, -0.05) is 0 Å². The average Bonchev–Trinajstić information content (AvgIpc) is 2.37. The molecule has 0 bridgehead atoms. The van der Waals surface area contributed by atoms with Gasteiger partial charge in [0.05, 0.1) is 0 Å². The van der Waals surface area contributed by atoms with Gasteiger partial charge in [-0.05, 0) is 19.4 Å². The lowest BCUT2D eigenvalue weighted by atomic mass is 10.1. The molecule has 1 amide bonds. The van der Waals surface area contributed by atoms with E-state index in [-0.39, 0.29) is 5.91 Å². The average molecular weight is 253 g/mol. The van der Waals surface area contributed by atoms with Gasteiger partial charge in [0.15, 0.2) is 0 Å². The van der Waals surface area contributed by atoms with Crippen LogP contribution in [0.3, 0.4) is 0 Å². The summed E-state index contributed by atoms with van der Waals surface area (Å²) in [5, 5.41) is 16.9. The summed E-state index contributed by atoms with van der Waals surface area (Å²) in [6.07, 6.45) is 3.86. The first-order chi connectivity index (χ1) is 8.54. The van der Waals surface area contributed by atoms with E-state index in [9.17, 15) is 4.79 Å². The second-order valence-electron chi connectivity index (χ2n) is 4.49. The van der Waals surface area contributed by atoms with Gasteiger partial charge in [-0.3, -0.25) is 10.2 Å². The van der Waals surface area contributed by atoms with Gasteiger partial charge in [-0.15, -0.1) is 0 Å². The molecule has 0 aromatic rings. The second-order valence-corrected chi connectivity index (χ2v) is 4.49. The lowest BCUT2D eigenvalue weighted by molar-refractivity contribution is -0.118. The van der Waals surface area contributed by atoms with Gasteiger partial charge in [0.1, 0.15) is 11.7 Å². The van der Waals surface area contributed by atoms with Crippen molar-refractivity contribution in [3.05, 3.63) is 11.9 Å². The molecule has 1 heterocycles. The highest BCUT2D eigenvalue weighted by Gasteiger charge is 2.19. The van der Waals surface area contributed by atoms with Crippen molar-refractivity contribution in [1.82, 2.24) is 20.9 Å². The number of hydrogen-bond acceptors (Lipinski definition) is 4. The first-order valence-corrected chi connectivity index (χ1v) is 6.23. The van der Waals surface area contributed by atoms with Crippen LogP contribution in [-0.4, -0.2) is 49.9 Å². The Hall–Kier alpha value is -1.56. The van der Waals surface area contributed by atoms with Crippen LogP contribution in [0.25, 0.3) is 0 Å². The fourth-order valence-corrected chi connectivity index (χ4v) is 1.96. The summed E-state index contributed by atoms with van der Waals surface area (Å²) >= 11 is 0. The van der Waals surface area contributed by atoms with E-state index in [4.69, 9.17) is 5.41 Å². The van der Waals surface area contributed by atoms with Crippen LogP contribution < -0.4 is 16.0 Å². The van der Waals surface area contributed by atoms with Crippen molar-refractivity contribution in [2.45, 2.75) is 25.8 Å². The lowest BCUT2D eigenvalue weighted by Gasteiger charge is -2.32. The van der Waals surface area contributed by atoms with Gasteiger partial charge in [0.25, 0.3) is 0 Å². The molecule has 0 aromatic carbocycles. The van der Waals surface area contributed by atoms with Gasteiger partial charge in [-0.25, -0.2) is 0 Å². The van der Waals surface area contributed by atoms with E-state index in [1.807, 2.05) is 11.9 Å². The van der Waals surface area contributed by atoms with E-state index in [0.717, 1.165) is 25.9 Å². The van der Waals surface area contributed by atoms with Gasteiger partial charge in [0, 0.05) is 39.7 Å². The Balaban J connectivity index is 2.60. The molecule has 18 heavy (non-hydrogen) atoms. The van der Waals surface area contributed by atoms with Crippen molar-refractivity contribution < 1.29 is 4.79 Å². The van der Waals surface area contributed by atoms with Crippen molar-refractivity contribution in [1.29, 1.82) is 5.41 Å². The summed E-state index contributed by atoms with van der Waals surface area (Å²) in [7, 11) is 3.63. The van der Waals surface area contributed by atoms with Crippen LogP contribution >= 0.6 is 0 Å². The first kappa shape index (κ1) is 14.5. The molecule has 0 radical (unpaired) electrons. The Bertz CT molecular complexity index is 333. The highest BCUT2D eigenvalue weighted by atomic mass is 16.1. The van der Waals surface area contributed by atoms with E-state index in [1.165, 1.54) is 6.92 Å². The van der Waals surface area contributed by atoms with Crippen LogP contribution in [0.1, 0.15) is 19.8 Å². The third kappa shape index (κ3) is 4.37. The van der Waals surface area contributed by atoms with Crippen LogP contribution in [0, 0.1) is 5.41 Å². The quantitative estimate of drug-likeness (QED) is 0.415. The standard InChI is InChI=1S/C12H23N5O/c1-9(18)16-12(14-2)7-11(13)17(3)10-5-4-6-15-8-10/h7,10,13-15H,4-6,8H2,1-3H3,(H,16,18)/b12-7+,13-11?/t10-/m0/s1. The number of likely N-dealkylation sites (N-methyl/N-ethyl adjacent to an activating group) is 1. The molecule has 1 aliphatic rings. The lowest BCUT2D eigenvalue weighted by Crippen LogP contribution is -2.46. The molecule has 0 aromatic heterocycles. The fourth-order valence-electron chi connectivity index (χ4n) is 1.96. The maximum absolute atomic E-state index is 11.0. The molecule has 0 unspecified atom stereocenters. The van der Waals surface area contributed by atoms with E-state index in [1.54, 1.807) is 13.1 Å². The molecule has 1 atom stereocenters. The van der Waals surface area contributed by atoms with Crippen LogP contribution in [-0.2, 0) is 4.79 Å².